The zero-order valence-corrected chi connectivity index (χ0v) is 19.4. The first-order valence-electron chi connectivity index (χ1n) is 10.3. The first-order valence-corrected chi connectivity index (χ1v) is 12.9. The fraction of sp³-hybridized carbons (Fsp3) is 0.600. The number of anilines is 2. The molecule has 0 bridgehead atoms. The van der Waals surface area contributed by atoms with Gasteiger partial charge in [-0.25, -0.2) is 0 Å². The second-order valence-corrected chi connectivity index (χ2v) is 11.2. The van der Waals surface area contributed by atoms with Crippen LogP contribution in [0, 0.1) is 11.3 Å². The molecule has 30 heavy (non-hydrogen) atoms. The van der Waals surface area contributed by atoms with Crippen LogP contribution in [0.4, 0.5) is 10.1 Å². The minimum Gasteiger partial charge on any atom is -0.376 e. The molecular weight excluding hydrogens is 438 g/mol. The molecule has 1 fully saturated rings. The third kappa shape index (κ3) is 5.14. The number of ether oxygens (including phenoxy) is 1. The molecule has 7 nitrogen and oxygen atoms in total. The van der Waals surface area contributed by atoms with Crippen molar-refractivity contribution in [2.45, 2.75) is 67.6 Å². The standard InChI is InChI=1S/C20H25N5O2S3/c1-12(28-20-25-24-19(30-20)22-11-13-6-5-9-27-13)17(26)23-18-15(10-21)14-7-3-2-4-8-16(14)29-18/h12-13H,2-9,11H2,1H3,(H,22,24)(H,23,26)/t12-,13-/m0/s1. The SMILES string of the molecule is C[C@H](Sc1nnc(NC[C@@H]2CCCO2)s1)C(=O)Nc1sc2c(c1C#N)CCCCC2. The Hall–Kier alpha value is -1.67. The van der Waals surface area contributed by atoms with E-state index in [4.69, 9.17) is 4.74 Å². The second-order valence-electron chi connectivity index (χ2n) is 7.52. The number of aromatic nitrogens is 2. The third-order valence-electron chi connectivity index (χ3n) is 5.33. The van der Waals surface area contributed by atoms with Gasteiger partial charge < -0.3 is 15.4 Å². The van der Waals surface area contributed by atoms with E-state index in [1.165, 1.54) is 34.4 Å². The van der Waals surface area contributed by atoms with Crippen LogP contribution >= 0.6 is 34.4 Å². The first-order chi connectivity index (χ1) is 14.6. The lowest BCUT2D eigenvalue weighted by molar-refractivity contribution is -0.115. The molecule has 160 valence electrons. The van der Waals surface area contributed by atoms with E-state index in [0.29, 0.717) is 10.6 Å². The van der Waals surface area contributed by atoms with E-state index in [2.05, 4.69) is 26.9 Å². The molecule has 2 aromatic rings. The van der Waals surface area contributed by atoms with Crippen molar-refractivity contribution < 1.29 is 9.53 Å². The van der Waals surface area contributed by atoms with Crippen LogP contribution in [0.15, 0.2) is 4.34 Å². The summed E-state index contributed by atoms with van der Waals surface area (Å²) < 4.78 is 6.35. The Morgan fingerprint density at radius 1 is 1.30 bits per heavy atom. The minimum absolute atomic E-state index is 0.114. The molecule has 4 rings (SSSR count). The maximum absolute atomic E-state index is 12.8. The number of thiophene rings is 1. The van der Waals surface area contributed by atoms with Gasteiger partial charge in [0, 0.05) is 18.0 Å². The number of aryl methyl sites for hydroxylation is 1. The number of fused-ring (bicyclic) bond motifs is 1. The van der Waals surface area contributed by atoms with Crippen LogP contribution in [0.5, 0.6) is 0 Å². The van der Waals surface area contributed by atoms with Crippen molar-refractivity contribution in [1.29, 1.82) is 5.26 Å². The molecule has 0 unspecified atom stereocenters. The summed E-state index contributed by atoms with van der Waals surface area (Å²) >= 11 is 4.39. The zero-order valence-electron chi connectivity index (χ0n) is 16.9. The van der Waals surface area contributed by atoms with Gasteiger partial charge in [0.05, 0.1) is 16.9 Å². The fourth-order valence-electron chi connectivity index (χ4n) is 3.70. The molecule has 2 atom stereocenters. The number of thioether (sulfide) groups is 1. The molecule has 2 aromatic heterocycles. The molecule has 0 saturated carbocycles. The molecule has 10 heteroatoms. The van der Waals surface area contributed by atoms with Crippen molar-refractivity contribution in [3.05, 3.63) is 16.0 Å². The molecule has 1 saturated heterocycles. The lowest BCUT2D eigenvalue weighted by Gasteiger charge is -2.09. The summed E-state index contributed by atoms with van der Waals surface area (Å²) in [5, 5.41) is 25.3. The predicted molar refractivity (Wildman–Crippen MR) is 122 cm³/mol. The van der Waals surface area contributed by atoms with E-state index in [0.717, 1.165) is 66.7 Å². The first kappa shape index (κ1) is 21.6. The Labute approximate surface area is 188 Å². The van der Waals surface area contributed by atoms with Crippen molar-refractivity contribution in [3.63, 3.8) is 0 Å². The summed E-state index contributed by atoms with van der Waals surface area (Å²) in [5.74, 6) is -0.114. The third-order valence-corrected chi connectivity index (χ3v) is 8.60. The second kappa shape index (κ2) is 10.1. The fourth-order valence-corrected chi connectivity index (χ4v) is 6.85. The monoisotopic (exact) mass is 463 g/mol. The van der Waals surface area contributed by atoms with E-state index in [9.17, 15) is 10.1 Å². The van der Waals surface area contributed by atoms with Crippen molar-refractivity contribution >= 4 is 50.5 Å². The number of rotatable bonds is 7. The number of nitrogens with one attached hydrogen (secondary N) is 2. The Kier molecular flexibility index (Phi) is 7.25. The molecule has 3 heterocycles. The number of nitrogens with zero attached hydrogens (tertiary/aromatic N) is 3. The van der Waals surface area contributed by atoms with Crippen molar-refractivity contribution in [3.8, 4) is 6.07 Å². The molecule has 0 spiro atoms. The van der Waals surface area contributed by atoms with Gasteiger partial charge in [-0.3, -0.25) is 4.79 Å². The van der Waals surface area contributed by atoms with Gasteiger partial charge in [-0.1, -0.05) is 29.5 Å². The normalized spacial score (nSPS) is 19.5. The smallest absolute Gasteiger partial charge is 0.238 e. The van der Waals surface area contributed by atoms with Crippen LogP contribution in [0.25, 0.3) is 0 Å². The molecule has 2 aliphatic rings. The van der Waals surface area contributed by atoms with E-state index >= 15 is 0 Å². The average molecular weight is 464 g/mol. The number of amides is 1. The summed E-state index contributed by atoms with van der Waals surface area (Å²) in [6.45, 7) is 3.41. The maximum Gasteiger partial charge on any atom is 0.238 e. The van der Waals surface area contributed by atoms with E-state index in [1.807, 2.05) is 6.92 Å². The molecular formula is C20H25N5O2S3. The molecule has 1 amide bonds. The van der Waals surface area contributed by atoms with Gasteiger partial charge in [0.25, 0.3) is 0 Å². The van der Waals surface area contributed by atoms with E-state index < -0.39 is 0 Å². The summed E-state index contributed by atoms with van der Waals surface area (Å²) in [4.78, 5) is 14.0. The minimum atomic E-state index is -0.336. The number of nitriles is 1. The zero-order chi connectivity index (χ0) is 20.9. The van der Waals surface area contributed by atoms with Crippen molar-refractivity contribution in [2.75, 3.05) is 23.8 Å². The highest BCUT2D eigenvalue weighted by Crippen LogP contribution is 2.37. The average Bonchev–Trinajstić information content (AvgIpc) is 3.44. The Bertz CT molecular complexity index is 930. The van der Waals surface area contributed by atoms with Crippen molar-refractivity contribution in [2.24, 2.45) is 0 Å². The quantitative estimate of drug-likeness (QED) is 0.462. The van der Waals surface area contributed by atoms with Crippen LogP contribution in [0.1, 0.15) is 55.0 Å². The largest absolute Gasteiger partial charge is 0.376 e. The van der Waals surface area contributed by atoms with Crippen LogP contribution in [0.2, 0.25) is 0 Å². The molecule has 0 aromatic carbocycles. The number of carbonyl (C=O) groups excluding carboxylic acids is 1. The maximum atomic E-state index is 12.8. The number of carbonyl (C=O) groups is 1. The van der Waals surface area contributed by atoms with Crippen molar-refractivity contribution in [1.82, 2.24) is 10.2 Å². The molecule has 0 radical (unpaired) electrons. The highest BCUT2D eigenvalue weighted by Gasteiger charge is 2.24. The Morgan fingerprint density at radius 2 is 2.17 bits per heavy atom. The number of hydrogen-bond donors (Lipinski definition) is 2. The summed E-state index contributed by atoms with van der Waals surface area (Å²) in [6.07, 6.45) is 7.82. The topological polar surface area (TPSA) is 99.9 Å². The Balaban J connectivity index is 1.34. The van der Waals surface area contributed by atoms with Gasteiger partial charge in [0.2, 0.25) is 11.0 Å². The number of hydrogen-bond acceptors (Lipinski definition) is 9. The predicted octanol–water partition coefficient (Wildman–Crippen LogP) is 4.45. The van der Waals surface area contributed by atoms with Crippen LogP contribution in [0.3, 0.4) is 0 Å². The van der Waals surface area contributed by atoms with Gasteiger partial charge >= 0.3 is 0 Å². The van der Waals surface area contributed by atoms with Crippen LogP contribution in [-0.4, -0.2) is 40.6 Å². The lowest BCUT2D eigenvalue weighted by atomic mass is 10.1. The van der Waals surface area contributed by atoms with Gasteiger partial charge in [0.1, 0.15) is 11.1 Å². The van der Waals surface area contributed by atoms with Crippen LogP contribution in [-0.2, 0) is 22.4 Å². The molecule has 1 aliphatic heterocycles. The Morgan fingerprint density at radius 3 is 2.97 bits per heavy atom. The van der Waals surface area contributed by atoms with Gasteiger partial charge in [-0.05, 0) is 51.0 Å². The molecule has 2 N–H and O–H groups in total. The van der Waals surface area contributed by atoms with Gasteiger partial charge in [-0.15, -0.1) is 21.5 Å². The highest BCUT2D eigenvalue weighted by molar-refractivity contribution is 8.02. The van der Waals surface area contributed by atoms with Gasteiger partial charge in [0.15, 0.2) is 4.34 Å². The summed E-state index contributed by atoms with van der Waals surface area (Å²) in [5.41, 5.74) is 1.79. The lowest BCUT2D eigenvalue weighted by Crippen LogP contribution is -2.22. The molecule has 1 aliphatic carbocycles. The van der Waals surface area contributed by atoms with E-state index in [-0.39, 0.29) is 17.3 Å². The van der Waals surface area contributed by atoms with Crippen LogP contribution < -0.4 is 10.6 Å². The summed E-state index contributed by atoms with van der Waals surface area (Å²) in [6, 6.07) is 2.32. The highest BCUT2D eigenvalue weighted by atomic mass is 32.2. The van der Waals surface area contributed by atoms with E-state index in [1.54, 1.807) is 11.3 Å². The summed E-state index contributed by atoms with van der Waals surface area (Å²) in [7, 11) is 0. The van der Waals surface area contributed by atoms with Gasteiger partial charge in [-0.2, -0.15) is 5.26 Å².